The number of terminal acetylenes is 1. The summed E-state index contributed by atoms with van der Waals surface area (Å²) < 4.78 is 0. The van der Waals surface area contributed by atoms with Crippen molar-refractivity contribution in [1.82, 2.24) is 10.6 Å². The number of hydrogen-bond acceptors (Lipinski definition) is 2. The second kappa shape index (κ2) is 5.19. The van der Waals surface area contributed by atoms with Crippen LogP contribution in [0.3, 0.4) is 0 Å². The van der Waals surface area contributed by atoms with Gasteiger partial charge in [-0.25, -0.2) is 0 Å². The van der Waals surface area contributed by atoms with Gasteiger partial charge in [0.15, 0.2) is 0 Å². The summed E-state index contributed by atoms with van der Waals surface area (Å²) in [5.41, 5.74) is 0. The van der Waals surface area contributed by atoms with E-state index in [9.17, 15) is 9.59 Å². The fourth-order valence-corrected chi connectivity index (χ4v) is 0.747. The number of hydrogen-bond donors (Lipinski definition) is 2. The van der Waals surface area contributed by atoms with Crippen molar-refractivity contribution in [2.45, 2.75) is 19.4 Å². The average Bonchev–Trinajstić information content (AvgIpc) is 2.01. The van der Waals surface area contributed by atoms with Gasteiger partial charge < -0.3 is 10.6 Å². The molecule has 0 aliphatic heterocycles. The molecule has 12 heavy (non-hydrogen) atoms. The lowest BCUT2D eigenvalue weighted by Gasteiger charge is -2.12. The Hall–Kier alpha value is -1.50. The van der Waals surface area contributed by atoms with E-state index < -0.39 is 6.04 Å². The van der Waals surface area contributed by atoms with Crippen LogP contribution in [-0.2, 0) is 9.59 Å². The predicted molar refractivity (Wildman–Crippen MR) is 45.1 cm³/mol. The number of nitrogens with one attached hydrogen (secondary N) is 2. The van der Waals surface area contributed by atoms with Crippen LogP contribution in [0.4, 0.5) is 0 Å². The van der Waals surface area contributed by atoms with Crippen molar-refractivity contribution in [1.29, 1.82) is 0 Å². The molecule has 0 saturated carbocycles. The van der Waals surface area contributed by atoms with Crippen LogP contribution in [0.25, 0.3) is 0 Å². The molecule has 0 rings (SSSR count). The molecule has 1 atom stereocenters. The summed E-state index contributed by atoms with van der Waals surface area (Å²) in [5, 5.41) is 4.84. The molecule has 0 aliphatic carbocycles. The molecule has 1 unspecified atom stereocenters. The first kappa shape index (κ1) is 10.5. The quantitative estimate of drug-likeness (QED) is 0.545. The first-order chi connectivity index (χ1) is 5.61. The average molecular weight is 168 g/mol. The number of rotatable bonds is 3. The molecule has 66 valence electrons. The van der Waals surface area contributed by atoms with Crippen molar-refractivity contribution in [2.24, 2.45) is 0 Å². The molecule has 0 saturated heterocycles. The maximum atomic E-state index is 11.0. The Labute approximate surface area is 71.7 Å². The largest absolute Gasteiger partial charge is 0.357 e. The Morgan fingerprint density at radius 2 is 2.17 bits per heavy atom. The number of carbonyl (C=O) groups is 2. The number of carbonyl (C=O) groups excluding carboxylic acids is 2. The van der Waals surface area contributed by atoms with Gasteiger partial charge in [0.1, 0.15) is 6.04 Å². The molecule has 4 nitrogen and oxygen atoms in total. The van der Waals surface area contributed by atoms with Gasteiger partial charge in [-0.2, -0.15) is 0 Å². The molecule has 0 heterocycles. The Morgan fingerprint density at radius 1 is 1.58 bits per heavy atom. The minimum Gasteiger partial charge on any atom is -0.357 e. The lowest BCUT2D eigenvalue weighted by atomic mass is 10.2. The maximum Gasteiger partial charge on any atom is 0.243 e. The standard InChI is InChI=1S/C8H12N2O2/c1-4-5-7(8(12)9-3)10-6(2)11/h1,7H,5H2,2-3H3,(H,9,12)(H,10,11). The zero-order valence-corrected chi connectivity index (χ0v) is 7.18. The zero-order valence-electron chi connectivity index (χ0n) is 7.18. The first-order valence-corrected chi connectivity index (χ1v) is 3.54. The Kier molecular flexibility index (Phi) is 4.54. The smallest absolute Gasteiger partial charge is 0.243 e. The van der Waals surface area contributed by atoms with E-state index in [4.69, 9.17) is 6.42 Å². The third-order valence-corrected chi connectivity index (χ3v) is 1.26. The van der Waals surface area contributed by atoms with E-state index in [1.807, 2.05) is 0 Å². The van der Waals surface area contributed by atoms with Crippen LogP contribution in [-0.4, -0.2) is 24.9 Å². The zero-order chi connectivity index (χ0) is 9.56. The molecule has 2 N–H and O–H groups in total. The van der Waals surface area contributed by atoms with Gasteiger partial charge in [0.25, 0.3) is 0 Å². The van der Waals surface area contributed by atoms with E-state index in [2.05, 4.69) is 16.6 Å². The van der Waals surface area contributed by atoms with Gasteiger partial charge in [0.05, 0.1) is 0 Å². The second-order valence-electron chi connectivity index (χ2n) is 2.28. The summed E-state index contributed by atoms with van der Waals surface area (Å²) >= 11 is 0. The molecule has 4 heteroatoms. The van der Waals surface area contributed by atoms with Crippen molar-refractivity contribution in [2.75, 3.05) is 7.05 Å². The topological polar surface area (TPSA) is 58.2 Å². The summed E-state index contributed by atoms with van der Waals surface area (Å²) in [7, 11) is 1.49. The molecular formula is C8H12N2O2. The fraction of sp³-hybridized carbons (Fsp3) is 0.500. The van der Waals surface area contributed by atoms with Gasteiger partial charge in [0, 0.05) is 20.4 Å². The predicted octanol–water partition coefficient (Wildman–Crippen LogP) is -0.740. The van der Waals surface area contributed by atoms with Crippen LogP contribution < -0.4 is 10.6 Å². The Bertz CT molecular complexity index is 218. The summed E-state index contributed by atoms with van der Waals surface area (Å²) in [6.07, 6.45) is 5.22. The van der Waals surface area contributed by atoms with E-state index in [1.54, 1.807) is 0 Å². The van der Waals surface area contributed by atoms with E-state index in [1.165, 1.54) is 14.0 Å². The van der Waals surface area contributed by atoms with E-state index >= 15 is 0 Å². The summed E-state index contributed by atoms with van der Waals surface area (Å²) in [6.45, 7) is 1.34. The molecule has 0 aliphatic rings. The van der Waals surface area contributed by atoms with Gasteiger partial charge in [-0.3, -0.25) is 9.59 Å². The molecule has 0 radical (unpaired) electrons. The lowest BCUT2D eigenvalue weighted by Crippen LogP contribution is -2.44. The third kappa shape index (κ3) is 3.62. The minimum atomic E-state index is -0.613. The summed E-state index contributed by atoms with van der Waals surface area (Å²) in [6, 6.07) is -0.613. The SMILES string of the molecule is C#CCC(NC(C)=O)C(=O)NC. The molecule has 0 aromatic heterocycles. The third-order valence-electron chi connectivity index (χ3n) is 1.26. The van der Waals surface area contributed by atoms with Crippen LogP contribution >= 0.6 is 0 Å². The number of amides is 2. The molecular weight excluding hydrogens is 156 g/mol. The van der Waals surface area contributed by atoms with Gasteiger partial charge in [-0.15, -0.1) is 12.3 Å². The maximum absolute atomic E-state index is 11.0. The number of likely N-dealkylation sites (N-methyl/N-ethyl adjacent to an activating group) is 1. The molecule has 0 bridgehead atoms. The highest BCUT2D eigenvalue weighted by molar-refractivity contribution is 5.86. The van der Waals surface area contributed by atoms with Crippen molar-refractivity contribution in [3.8, 4) is 12.3 Å². The highest BCUT2D eigenvalue weighted by Gasteiger charge is 2.15. The molecule has 0 aromatic rings. The van der Waals surface area contributed by atoms with Crippen LogP contribution in [0.2, 0.25) is 0 Å². The molecule has 0 spiro atoms. The molecule has 0 fully saturated rings. The van der Waals surface area contributed by atoms with E-state index in [0.29, 0.717) is 0 Å². The van der Waals surface area contributed by atoms with E-state index in [0.717, 1.165) is 0 Å². The second-order valence-corrected chi connectivity index (χ2v) is 2.28. The van der Waals surface area contributed by atoms with Gasteiger partial charge in [-0.1, -0.05) is 0 Å². The Morgan fingerprint density at radius 3 is 2.50 bits per heavy atom. The van der Waals surface area contributed by atoms with Crippen LogP contribution in [0.15, 0.2) is 0 Å². The molecule has 0 aromatic carbocycles. The van der Waals surface area contributed by atoms with Crippen molar-refractivity contribution in [3.05, 3.63) is 0 Å². The van der Waals surface area contributed by atoms with Crippen molar-refractivity contribution in [3.63, 3.8) is 0 Å². The first-order valence-electron chi connectivity index (χ1n) is 3.54. The monoisotopic (exact) mass is 168 g/mol. The van der Waals surface area contributed by atoms with Gasteiger partial charge in [0.2, 0.25) is 11.8 Å². The minimum absolute atomic E-state index is 0.208. The highest BCUT2D eigenvalue weighted by Crippen LogP contribution is 1.89. The Balaban J connectivity index is 4.14. The van der Waals surface area contributed by atoms with Crippen molar-refractivity contribution < 1.29 is 9.59 Å². The normalized spacial score (nSPS) is 11.1. The van der Waals surface area contributed by atoms with Crippen molar-refractivity contribution >= 4 is 11.8 Å². The summed E-state index contributed by atoms with van der Waals surface area (Å²) in [4.78, 5) is 21.6. The van der Waals surface area contributed by atoms with Crippen LogP contribution in [0.5, 0.6) is 0 Å². The highest BCUT2D eigenvalue weighted by atomic mass is 16.2. The fourth-order valence-electron chi connectivity index (χ4n) is 0.747. The van der Waals surface area contributed by atoms with Crippen LogP contribution in [0, 0.1) is 12.3 Å². The summed E-state index contributed by atoms with van der Waals surface area (Å²) in [5.74, 6) is 1.77. The van der Waals surface area contributed by atoms with Gasteiger partial charge in [-0.05, 0) is 0 Å². The lowest BCUT2D eigenvalue weighted by molar-refractivity contribution is -0.127. The van der Waals surface area contributed by atoms with Gasteiger partial charge >= 0.3 is 0 Å². The molecule has 2 amide bonds. The van der Waals surface area contributed by atoms with Crippen LogP contribution in [0.1, 0.15) is 13.3 Å². The van der Waals surface area contributed by atoms with E-state index in [-0.39, 0.29) is 18.2 Å².